The fraction of sp³-hybridized carbons (Fsp3) is 0.562. The molecule has 0 radical (unpaired) electrons. The first-order valence-corrected chi connectivity index (χ1v) is 7.34. The van der Waals surface area contributed by atoms with E-state index in [-0.39, 0.29) is 24.3 Å². The van der Waals surface area contributed by atoms with Crippen molar-refractivity contribution in [2.45, 2.75) is 32.8 Å². The number of nitrogens with zero attached hydrogens (tertiary/aromatic N) is 1. The van der Waals surface area contributed by atoms with Gasteiger partial charge in [0.05, 0.1) is 12.6 Å². The number of hydrogen-bond acceptors (Lipinski definition) is 3. The summed E-state index contributed by atoms with van der Waals surface area (Å²) in [6.07, 6.45) is -0.425. The number of likely N-dealkylation sites (tertiary alicyclic amines) is 1. The molecule has 20 heavy (non-hydrogen) atoms. The van der Waals surface area contributed by atoms with Crippen molar-refractivity contribution in [3.05, 3.63) is 35.9 Å². The van der Waals surface area contributed by atoms with E-state index in [9.17, 15) is 9.90 Å². The molecule has 112 valence electrons. The van der Waals surface area contributed by atoms with E-state index in [0.717, 1.165) is 0 Å². The Morgan fingerprint density at radius 3 is 2.45 bits per heavy atom. The van der Waals surface area contributed by atoms with Crippen molar-refractivity contribution < 1.29 is 9.90 Å². The van der Waals surface area contributed by atoms with Crippen molar-refractivity contribution >= 4 is 5.91 Å². The number of benzene rings is 1. The fourth-order valence-corrected chi connectivity index (χ4v) is 2.70. The van der Waals surface area contributed by atoms with E-state index in [1.165, 1.54) is 5.56 Å². The second kappa shape index (κ2) is 8.02. The van der Waals surface area contributed by atoms with Crippen molar-refractivity contribution in [1.29, 1.82) is 0 Å². The summed E-state index contributed by atoms with van der Waals surface area (Å²) in [7, 11) is 0. The lowest BCUT2D eigenvalue weighted by Crippen LogP contribution is -2.35. The molecule has 1 aliphatic rings. The summed E-state index contributed by atoms with van der Waals surface area (Å²) < 4.78 is 0. The van der Waals surface area contributed by atoms with Crippen LogP contribution in [0.25, 0.3) is 0 Å². The van der Waals surface area contributed by atoms with E-state index in [2.05, 4.69) is 12.1 Å². The molecule has 3 N–H and O–H groups in total. The van der Waals surface area contributed by atoms with Crippen LogP contribution in [0.15, 0.2) is 30.3 Å². The fourth-order valence-electron chi connectivity index (χ4n) is 2.70. The van der Waals surface area contributed by atoms with Crippen LogP contribution in [-0.2, 0) is 4.79 Å². The zero-order chi connectivity index (χ0) is 15.1. The third-order valence-corrected chi connectivity index (χ3v) is 3.74. The number of nitrogens with two attached hydrogens (primary N) is 1. The summed E-state index contributed by atoms with van der Waals surface area (Å²) in [5, 5.41) is 9.89. The van der Waals surface area contributed by atoms with Gasteiger partial charge in [-0.2, -0.15) is 0 Å². The van der Waals surface area contributed by atoms with Crippen LogP contribution < -0.4 is 5.73 Å². The van der Waals surface area contributed by atoms with Gasteiger partial charge in [-0.25, -0.2) is 0 Å². The molecule has 1 amide bonds. The Bertz CT molecular complexity index is 406. The van der Waals surface area contributed by atoms with Crippen LogP contribution >= 0.6 is 0 Å². The highest BCUT2D eigenvalue weighted by molar-refractivity contribution is 5.78. The molecule has 1 aromatic rings. The molecule has 0 unspecified atom stereocenters. The van der Waals surface area contributed by atoms with Crippen LogP contribution in [0.4, 0.5) is 0 Å². The highest BCUT2D eigenvalue weighted by Gasteiger charge is 2.37. The minimum Gasteiger partial charge on any atom is -0.393 e. The van der Waals surface area contributed by atoms with E-state index in [1.54, 1.807) is 11.8 Å². The predicted molar refractivity (Wildman–Crippen MR) is 81.3 cm³/mol. The van der Waals surface area contributed by atoms with Gasteiger partial charge in [0.1, 0.15) is 0 Å². The Hall–Kier alpha value is -1.39. The Morgan fingerprint density at radius 1 is 1.35 bits per heavy atom. The summed E-state index contributed by atoms with van der Waals surface area (Å²) in [5.74, 6) is 0.240. The van der Waals surface area contributed by atoms with Crippen LogP contribution in [0.1, 0.15) is 32.3 Å². The van der Waals surface area contributed by atoms with Crippen molar-refractivity contribution in [3.63, 3.8) is 0 Å². The number of carbonyl (C=O) groups is 1. The molecule has 4 nitrogen and oxygen atoms in total. The van der Waals surface area contributed by atoms with Crippen molar-refractivity contribution in [2.75, 3.05) is 19.6 Å². The largest absolute Gasteiger partial charge is 0.393 e. The normalized spacial score (nSPS) is 22.9. The molecule has 3 atom stereocenters. The Labute approximate surface area is 121 Å². The molecule has 0 spiro atoms. The SMILES string of the molecule is CC.C[C@@H](O)[C@@H]1CN(C(=O)CN)C[C@H]1c1ccccc1. The molecular formula is C16H26N2O2. The summed E-state index contributed by atoms with van der Waals surface area (Å²) in [6, 6.07) is 10.1. The lowest BCUT2D eigenvalue weighted by atomic mass is 9.86. The van der Waals surface area contributed by atoms with Crippen molar-refractivity contribution in [2.24, 2.45) is 11.7 Å². The topological polar surface area (TPSA) is 66.6 Å². The number of amides is 1. The maximum absolute atomic E-state index is 11.7. The Morgan fingerprint density at radius 2 is 1.95 bits per heavy atom. The Balaban J connectivity index is 0.000000956. The first-order chi connectivity index (χ1) is 9.63. The van der Waals surface area contributed by atoms with Gasteiger partial charge in [-0.1, -0.05) is 44.2 Å². The van der Waals surface area contributed by atoms with Crippen LogP contribution in [0.5, 0.6) is 0 Å². The van der Waals surface area contributed by atoms with Crippen LogP contribution in [0.2, 0.25) is 0 Å². The summed E-state index contributed by atoms with van der Waals surface area (Å²) in [5.41, 5.74) is 6.58. The standard InChI is InChI=1S/C14H20N2O2.C2H6/c1-10(17)12-8-16(14(18)7-15)9-13(12)11-5-3-2-4-6-11;1-2/h2-6,10,12-13,17H,7-9,15H2,1H3;1-2H3/t10-,12+,13+;/m1./s1. The van der Waals surface area contributed by atoms with Gasteiger partial charge in [-0.3, -0.25) is 4.79 Å². The molecule has 0 aromatic heterocycles. The Kier molecular flexibility index (Phi) is 6.68. The number of aliphatic hydroxyl groups excluding tert-OH is 1. The summed E-state index contributed by atoms with van der Waals surface area (Å²) >= 11 is 0. The van der Waals surface area contributed by atoms with Crippen molar-refractivity contribution in [1.82, 2.24) is 4.90 Å². The van der Waals surface area contributed by atoms with Gasteiger partial charge in [0.25, 0.3) is 0 Å². The first kappa shape index (κ1) is 16.7. The second-order valence-electron chi connectivity index (χ2n) is 4.92. The van der Waals surface area contributed by atoms with Crippen LogP contribution in [0.3, 0.4) is 0 Å². The number of aliphatic hydroxyl groups is 1. The smallest absolute Gasteiger partial charge is 0.236 e. The van der Waals surface area contributed by atoms with Gasteiger partial charge in [0.2, 0.25) is 5.91 Å². The quantitative estimate of drug-likeness (QED) is 0.882. The lowest BCUT2D eigenvalue weighted by Gasteiger charge is -2.20. The molecule has 1 saturated heterocycles. The molecule has 4 heteroatoms. The van der Waals surface area contributed by atoms with Gasteiger partial charge in [-0.05, 0) is 12.5 Å². The molecule has 0 saturated carbocycles. The molecular weight excluding hydrogens is 252 g/mol. The molecule has 1 aromatic carbocycles. The summed E-state index contributed by atoms with van der Waals surface area (Å²) in [6.45, 7) is 7.06. The second-order valence-corrected chi connectivity index (χ2v) is 4.92. The third kappa shape index (κ3) is 3.81. The van der Waals surface area contributed by atoms with E-state index < -0.39 is 6.10 Å². The zero-order valence-corrected chi connectivity index (χ0v) is 12.6. The van der Waals surface area contributed by atoms with Gasteiger partial charge >= 0.3 is 0 Å². The lowest BCUT2D eigenvalue weighted by molar-refractivity contribution is -0.128. The summed E-state index contributed by atoms with van der Waals surface area (Å²) in [4.78, 5) is 13.4. The maximum Gasteiger partial charge on any atom is 0.236 e. The van der Waals surface area contributed by atoms with Gasteiger partial charge in [-0.15, -0.1) is 0 Å². The minimum atomic E-state index is -0.425. The highest BCUT2D eigenvalue weighted by Crippen LogP contribution is 2.34. The molecule has 2 rings (SSSR count). The van der Waals surface area contributed by atoms with Crippen molar-refractivity contribution in [3.8, 4) is 0 Å². The zero-order valence-electron chi connectivity index (χ0n) is 12.6. The minimum absolute atomic E-state index is 0.0358. The number of rotatable bonds is 3. The number of carbonyl (C=O) groups excluding carboxylic acids is 1. The van der Waals surface area contributed by atoms with Crippen LogP contribution in [-0.4, -0.2) is 41.7 Å². The first-order valence-electron chi connectivity index (χ1n) is 7.34. The molecule has 1 aliphatic heterocycles. The molecule has 0 aliphatic carbocycles. The van der Waals surface area contributed by atoms with E-state index in [0.29, 0.717) is 13.1 Å². The molecule has 1 heterocycles. The van der Waals surface area contributed by atoms with E-state index in [1.807, 2.05) is 32.0 Å². The maximum atomic E-state index is 11.7. The monoisotopic (exact) mass is 278 g/mol. The van der Waals surface area contributed by atoms with E-state index in [4.69, 9.17) is 5.73 Å². The average Bonchev–Trinajstić information content (AvgIpc) is 2.95. The van der Waals surface area contributed by atoms with Gasteiger partial charge < -0.3 is 15.7 Å². The van der Waals surface area contributed by atoms with Gasteiger partial charge in [0, 0.05) is 24.9 Å². The molecule has 1 fully saturated rings. The van der Waals surface area contributed by atoms with E-state index >= 15 is 0 Å². The van der Waals surface area contributed by atoms with Gasteiger partial charge in [0.15, 0.2) is 0 Å². The van der Waals surface area contributed by atoms with Crippen LogP contribution in [0, 0.1) is 5.92 Å². The molecule has 0 bridgehead atoms. The highest BCUT2D eigenvalue weighted by atomic mass is 16.3. The number of hydrogen-bond donors (Lipinski definition) is 2. The third-order valence-electron chi connectivity index (χ3n) is 3.74. The average molecular weight is 278 g/mol. The predicted octanol–water partition coefficient (Wildman–Crippen LogP) is 1.59.